The Labute approximate surface area is 209 Å². The maximum absolute atomic E-state index is 14.6. The lowest BCUT2D eigenvalue weighted by molar-refractivity contribution is 0.122. The number of amides is 2. The van der Waals surface area contributed by atoms with Crippen molar-refractivity contribution in [1.82, 2.24) is 9.97 Å². The predicted molar refractivity (Wildman–Crippen MR) is 137 cm³/mol. The normalized spacial score (nSPS) is 16.1. The zero-order valence-corrected chi connectivity index (χ0v) is 20.2. The molecule has 2 amide bonds. The third-order valence-electron chi connectivity index (χ3n) is 6.21. The van der Waals surface area contributed by atoms with Gasteiger partial charge < -0.3 is 29.9 Å². The van der Waals surface area contributed by atoms with Gasteiger partial charge >= 0.3 is 6.03 Å². The summed E-state index contributed by atoms with van der Waals surface area (Å²) in [5, 5.41) is 5.46. The molecule has 10 heteroatoms. The number of nitrogens with zero attached hydrogens (tertiary/aromatic N) is 4. The van der Waals surface area contributed by atoms with Crippen LogP contribution in [0.25, 0.3) is 11.4 Å². The van der Waals surface area contributed by atoms with Gasteiger partial charge in [0.1, 0.15) is 11.6 Å². The first kappa shape index (κ1) is 24.0. The van der Waals surface area contributed by atoms with E-state index in [-0.39, 0.29) is 5.82 Å². The lowest BCUT2D eigenvalue weighted by atomic mass is 10.2. The van der Waals surface area contributed by atoms with Crippen molar-refractivity contribution < 1.29 is 18.7 Å². The van der Waals surface area contributed by atoms with Crippen molar-refractivity contribution in [3.05, 3.63) is 60.0 Å². The number of nitrogens with one attached hydrogen (secondary N) is 2. The van der Waals surface area contributed by atoms with E-state index in [1.54, 1.807) is 24.3 Å². The number of urea groups is 1. The highest BCUT2D eigenvalue weighted by atomic mass is 19.1. The van der Waals surface area contributed by atoms with Crippen LogP contribution < -0.4 is 20.4 Å². The van der Waals surface area contributed by atoms with E-state index < -0.39 is 6.03 Å². The summed E-state index contributed by atoms with van der Waals surface area (Å²) in [5.74, 6) is 1.15. The second kappa shape index (κ2) is 10.9. The van der Waals surface area contributed by atoms with Gasteiger partial charge in [-0.25, -0.2) is 19.2 Å². The van der Waals surface area contributed by atoms with Gasteiger partial charge in [-0.05, 0) is 49.4 Å². The summed E-state index contributed by atoms with van der Waals surface area (Å²) in [5.41, 5.74) is 3.35. The molecule has 0 unspecified atom stereocenters. The second-order valence-corrected chi connectivity index (χ2v) is 8.72. The van der Waals surface area contributed by atoms with Crippen LogP contribution in [0.3, 0.4) is 0 Å². The third-order valence-corrected chi connectivity index (χ3v) is 6.21. The van der Waals surface area contributed by atoms with Crippen molar-refractivity contribution in [2.75, 3.05) is 73.0 Å². The number of benzene rings is 2. The quantitative estimate of drug-likeness (QED) is 0.558. The molecule has 2 aliphatic rings. The molecule has 0 saturated carbocycles. The summed E-state index contributed by atoms with van der Waals surface area (Å²) in [4.78, 5) is 25.9. The number of halogens is 1. The highest BCUT2D eigenvalue weighted by Crippen LogP contribution is 2.25. The standard InChI is InChI=1S/C26H29FN6O3/c1-18-17-28-24(31-25(18)33-10-14-36-15-11-33)19-2-4-20(5-3-19)29-26(34)30-21-6-7-23(22(27)16-21)32-8-12-35-13-9-32/h2-7,16-17H,8-15H2,1H3,(H2,29,30,34). The molecule has 9 nitrogen and oxygen atoms in total. The van der Waals surface area contributed by atoms with Crippen LogP contribution in [0.5, 0.6) is 0 Å². The van der Waals surface area contributed by atoms with E-state index in [1.807, 2.05) is 30.2 Å². The minimum Gasteiger partial charge on any atom is -0.378 e. The smallest absolute Gasteiger partial charge is 0.323 e. The average molecular weight is 493 g/mol. The molecule has 0 aliphatic carbocycles. The minimum absolute atomic E-state index is 0.377. The molecule has 0 radical (unpaired) electrons. The topological polar surface area (TPSA) is 91.9 Å². The van der Waals surface area contributed by atoms with Gasteiger partial charge in [0.25, 0.3) is 0 Å². The molecule has 2 aromatic carbocycles. The average Bonchev–Trinajstić information content (AvgIpc) is 2.90. The van der Waals surface area contributed by atoms with Crippen LogP contribution in [0.15, 0.2) is 48.7 Å². The van der Waals surface area contributed by atoms with Gasteiger partial charge in [0.2, 0.25) is 0 Å². The highest BCUT2D eigenvalue weighted by Gasteiger charge is 2.17. The van der Waals surface area contributed by atoms with E-state index in [4.69, 9.17) is 14.5 Å². The molecule has 188 valence electrons. The molecule has 5 rings (SSSR count). The van der Waals surface area contributed by atoms with Gasteiger partial charge in [0.05, 0.1) is 32.1 Å². The Kier molecular flexibility index (Phi) is 7.24. The molecule has 3 aromatic rings. The monoisotopic (exact) mass is 492 g/mol. The van der Waals surface area contributed by atoms with Gasteiger partial charge in [-0.3, -0.25) is 0 Å². The van der Waals surface area contributed by atoms with Crippen LogP contribution in [0.4, 0.5) is 32.1 Å². The van der Waals surface area contributed by atoms with Crippen molar-refractivity contribution in [3.63, 3.8) is 0 Å². The number of aryl methyl sites for hydroxylation is 1. The Hall–Kier alpha value is -3.76. The molecule has 0 bridgehead atoms. The van der Waals surface area contributed by atoms with E-state index in [2.05, 4.69) is 20.5 Å². The Morgan fingerprint density at radius 2 is 1.50 bits per heavy atom. The highest BCUT2D eigenvalue weighted by molar-refractivity contribution is 6.00. The SMILES string of the molecule is Cc1cnc(-c2ccc(NC(=O)Nc3ccc(N4CCOCC4)c(F)c3)cc2)nc1N1CCOCC1. The summed E-state index contributed by atoms with van der Waals surface area (Å²) < 4.78 is 25.4. The summed E-state index contributed by atoms with van der Waals surface area (Å²) in [6, 6.07) is 11.5. The molecule has 2 aliphatic heterocycles. The fraction of sp³-hybridized carbons (Fsp3) is 0.346. The third kappa shape index (κ3) is 5.55. The maximum Gasteiger partial charge on any atom is 0.323 e. The summed E-state index contributed by atoms with van der Waals surface area (Å²) >= 11 is 0. The largest absolute Gasteiger partial charge is 0.378 e. The molecule has 1 aromatic heterocycles. The zero-order valence-electron chi connectivity index (χ0n) is 20.2. The molecule has 2 saturated heterocycles. The summed E-state index contributed by atoms with van der Waals surface area (Å²) in [6.45, 7) is 7.41. The fourth-order valence-electron chi connectivity index (χ4n) is 4.31. The number of aromatic nitrogens is 2. The van der Waals surface area contributed by atoms with Crippen molar-refractivity contribution >= 4 is 28.9 Å². The van der Waals surface area contributed by atoms with Gasteiger partial charge in [-0.1, -0.05) is 0 Å². The van der Waals surface area contributed by atoms with E-state index in [1.165, 1.54) is 6.07 Å². The van der Waals surface area contributed by atoms with E-state index in [0.717, 1.165) is 30.0 Å². The Balaban J connectivity index is 1.21. The van der Waals surface area contributed by atoms with Crippen molar-refractivity contribution in [1.29, 1.82) is 0 Å². The number of morpholine rings is 2. The van der Waals surface area contributed by atoms with Crippen molar-refractivity contribution in [3.8, 4) is 11.4 Å². The van der Waals surface area contributed by atoms with Gasteiger partial charge in [0, 0.05) is 54.9 Å². The molecule has 3 heterocycles. The van der Waals surface area contributed by atoms with Gasteiger partial charge in [0.15, 0.2) is 5.82 Å². The zero-order chi connectivity index (χ0) is 24.9. The number of anilines is 4. The van der Waals surface area contributed by atoms with E-state index in [9.17, 15) is 9.18 Å². The summed E-state index contributed by atoms with van der Waals surface area (Å²) in [6.07, 6.45) is 1.83. The first-order valence-electron chi connectivity index (χ1n) is 12.0. The number of carbonyl (C=O) groups excluding carboxylic acids is 1. The van der Waals surface area contributed by atoms with Crippen LogP contribution in [0, 0.1) is 12.7 Å². The Bertz CT molecular complexity index is 1210. The second-order valence-electron chi connectivity index (χ2n) is 8.72. The molecule has 0 atom stereocenters. The number of rotatable bonds is 5. The van der Waals surface area contributed by atoms with Crippen LogP contribution in [0.2, 0.25) is 0 Å². The summed E-state index contributed by atoms with van der Waals surface area (Å²) in [7, 11) is 0. The number of hydrogen-bond donors (Lipinski definition) is 2. The molecular formula is C26H29FN6O3. The molecule has 36 heavy (non-hydrogen) atoms. The molecule has 0 spiro atoms. The Morgan fingerprint density at radius 1 is 0.889 bits per heavy atom. The van der Waals surface area contributed by atoms with Gasteiger partial charge in [-0.15, -0.1) is 0 Å². The van der Waals surface area contributed by atoms with Crippen LogP contribution in [-0.2, 0) is 9.47 Å². The number of carbonyl (C=O) groups is 1. The Morgan fingerprint density at radius 3 is 2.17 bits per heavy atom. The van der Waals surface area contributed by atoms with E-state index >= 15 is 0 Å². The molecule has 2 fully saturated rings. The van der Waals surface area contributed by atoms with Gasteiger partial charge in [-0.2, -0.15) is 0 Å². The van der Waals surface area contributed by atoms with Crippen molar-refractivity contribution in [2.45, 2.75) is 6.92 Å². The van der Waals surface area contributed by atoms with E-state index in [0.29, 0.717) is 62.4 Å². The first-order chi connectivity index (χ1) is 17.6. The lowest BCUT2D eigenvalue weighted by Crippen LogP contribution is -2.37. The van der Waals surface area contributed by atoms with Crippen molar-refractivity contribution in [2.24, 2.45) is 0 Å². The van der Waals surface area contributed by atoms with Crippen LogP contribution in [-0.4, -0.2) is 68.6 Å². The maximum atomic E-state index is 14.6. The number of ether oxygens (including phenoxy) is 2. The fourth-order valence-corrected chi connectivity index (χ4v) is 4.31. The molecule has 2 N–H and O–H groups in total. The predicted octanol–water partition coefficient (Wildman–Crippen LogP) is 3.91. The molecular weight excluding hydrogens is 463 g/mol. The van der Waals surface area contributed by atoms with Crippen LogP contribution >= 0.6 is 0 Å². The number of hydrogen-bond acceptors (Lipinski definition) is 7. The van der Waals surface area contributed by atoms with Crippen LogP contribution in [0.1, 0.15) is 5.56 Å². The first-order valence-corrected chi connectivity index (χ1v) is 12.0. The lowest BCUT2D eigenvalue weighted by Gasteiger charge is -2.29. The minimum atomic E-state index is -0.456.